The van der Waals surface area contributed by atoms with E-state index in [9.17, 15) is 5.11 Å². The molecule has 2 nitrogen and oxygen atoms in total. The third-order valence-corrected chi connectivity index (χ3v) is 10.2. The van der Waals surface area contributed by atoms with Crippen LogP contribution in [-0.4, -0.2) is 26.1 Å². The van der Waals surface area contributed by atoms with Gasteiger partial charge in [-0.2, -0.15) is 0 Å². The van der Waals surface area contributed by atoms with Gasteiger partial charge in [0.25, 0.3) is 8.32 Å². The van der Waals surface area contributed by atoms with E-state index in [4.69, 9.17) is 4.43 Å². The molecule has 2 aromatic carbocycles. The SMILES string of the molecule is CC[C@@H](C)/C=C/[C@@H](O)CO[Si](c1ccccc1)(c1ccccc1)C(C)(C)C. The molecule has 1 N–H and O–H groups in total. The fourth-order valence-corrected chi connectivity index (χ4v) is 8.06. The maximum atomic E-state index is 10.5. The van der Waals surface area contributed by atoms with Crippen molar-refractivity contribution in [2.24, 2.45) is 5.92 Å². The lowest BCUT2D eigenvalue weighted by molar-refractivity contribution is 0.138. The van der Waals surface area contributed by atoms with Crippen molar-refractivity contribution in [2.75, 3.05) is 6.61 Å². The Morgan fingerprint density at radius 1 is 0.926 bits per heavy atom. The highest BCUT2D eigenvalue weighted by Gasteiger charge is 2.50. The van der Waals surface area contributed by atoms with E-state index in [0.29, 0.717) is 12.5 Å². The quantitative estimate of drug-likeness (QED) is 0.537. The molecule has 2 atom stereocenters. The molecule has 0 aliphatic heterocycles. The number of aliphatic hydroxyl groups is 1. The van der Waals surface area contributed by atoms with E-state index in [-0.39, 0.29) is 5.04 Å². The van der Waals surface area contributed by atoms with Crippen LogP contribution in [0.4, 0.5) is 0 Å². The first-order chi connectivity index (χ1) is 12.8. The molecule has 146 valence electrons. The number of hydrogen-bond acceptors (Lipinski definition) is 2. The topological polar surface area (TPSA) is 29.5 Å². The van der Waals surface area contributed by atoms with Gasteiger partial charge in [-0.3, -0.25) is 0 Å². The van der Waals surface area contributed by atoms with Gasteiger partial charge in [-0.15, -0.1) is 0 Å². The average Bonchev–Trinajstić information content (AvgIpc) is 2.67. The van der Waals surface area contributed by atoms with Crippen LogP contribution in [0.25, 0.3) is 0 Å². The van der Waals surface area contributed by atoms with Crippen LogP contribution in [0.3, 0.4) is 0 Å². The van der Waals surface area contributed by atoms with E-state index in [0.717, 1.165) is 6.42 Å². The molecule has 0 aromatic heterocycles. The molecule has 2 aromatic rings. The molecule has 0 bridgehead atoms. The van der Waals surface area contributed by atoms with Gasteiger partial charge in [0.15, 0.2) is 0 Å². The highest BCUT2D eigenvalue weighted by molar-refractivity contribution is 6.99. The standard InChI is InChI=1S/C24H34O2Si/c1-6-20(2)17-18-21(25)19-26-27(24(3,4)5,22-13-9-7-10-14-22)23-15-11-8-12-16-23/h7-18,20-21,25H,6,19H2,1-5H3/b18-17+/t20-,21-/m1/s1. The van der Waals surface area contributed by atoms with Crippen LogP contribution in [0.5, 0.6) is 0 Å². The summed E-state index contributed by atoms with van der Waals surface area (Å²) in [6.07, 6.45) is 4.44. The summed E-state index contributed by atoms with van der Waals surface area (Å²) in [6, 6.07) is 21.1. The van der Waals surface area contributed by atoms with Crippen molar-refractivity contribution in [2.45, 2.75) is 52.2 Å². The molecule has 0 aliphatic carbocycles. The van der Waals surface area contributed by atoms with Gasteiger partial charge >= 0.3 is 0 Å². The molecule has 0 heterocycles. The maximum absolute atomic E-state index is 10.5. The average molecular weight is 383 g/mol. The summed E-state index contributed by atoms with van der Waals surface area (Å²) in [4.78, 5) is 0. The Balaban J connectivity index is 2.42. The molecule has 0 radical (unpaired) electrons. The summed E-state index contributed by atoms with van der Waals surface area (Å²) in [5.41, 5.74) is 0. The third-order valence-electron chi connectivity index (χ3n) is 5.19. The Morgan fingerprint density at radius 3 is 1.81 bits per heavy atom. The van der Waals surface area contributed by atoms with Crippen LogP contribution in [0, 0.1) is 5.92 Å². The summed E-state index contributed by atoms with van der Waals surface area (Å²) in [6.45, 7) is 11.4. The molecule has 0 spiro atoms. The molecule has 3 heteroatoms. The minimum atomic E-state index is -2.57. The van der Waals surface area contributed by atoms with Crippen molar-refractivity contribution >= 4 is 18.7 Å². The normalized spacial score (nSPS) is 15.0. The molecule has 0 fully saturated rings. The van der Waals surface area contributed by atoms with E-state index >= 15 is 0 Å². The zero-order valence-corrected chi connectivity index (χ0v) is 18.4. The van der Waals surface area contributed by atoms with Crippen molar-refractivity contribution in [3.63, 3.8) is 0 Å². The van der Waals surface area contributed by atoms with Crippen molar-refractivity contribution in [1.82, 2.24) is 0 Å². The summed E-state index contributed by atoms with van der Waals surface area (Å²) in [5.74, 6) is 0.465. The van der Waals surface area contributed by atoms with Crippen LogP contribution in [0.2, 0.25) is 5.04 Å². The van der Waals surface area contributed by atoms with Crippen molar-refractivity contribution < 1.29 is 9.53 Å². The highest BCUT2D eigenvalue weighted by Crippen LogP contribution is 2.36. The molecular weight excluding hydrogens is 348 g/mol. The van der Waals surface area contributed by atoms with Crippen LogP contribution in [0.1, 0.15) is 41.0 Å². The first-order valence-corrected chi connectivity index (χ1v) is 11.8. The third kappa shape index (κ3) is 5.19. The summed E-state index contributed by atoms with van der Waals surface area (Å²) in [7, 11) is -2.57. The van der Waals surface area contributed by atoms with Gasteiger partial charge in [0.1, 0.15) is 0 Å². The van der Waals surface area contributed by atoms with E-state index in [2.05, 4.69) is 89.2 Å². The molecule has 0 amide bonds. The predicted octanol–water partition coefficient (Wildman–Crippen LogP) is 4.53. The molecule has 0 saturated carbocycles. The van der Waals surface area contributed by atoms with Crippen LogP contribution >= 0.6 is 0 Å². The minimum Gasteiger partial charge on any atom is -0.404 e. The van der Waals surface area contributed by atoms with Crippen molar-refractivity contribution in [3.05, 3.63) is 72.8 Å². The Morgan fingerprint density at radius 2 is 1.41 bits per heavy atom. The number of rotatable bonds is 8. The fraction of sp³-hybridized carbons (Fsp3) is 0.417. The van der Waals surface area contributed by atoms with Gasteiger partial charge < -0.3 is 9.53 Å². The molecule has 27 heavy (non-hydrogen) atoms. The van der Waals surface area contributed by atoms with Gasteiger partial charge in [0.2, 0.25) is 0 Å². The van der Waals surface area contributed by atoms with E-state index in [1.165, 1.54) is 10.4 Å². The Labute approximate surface area is 166 Å². The van der Waals surface area contributed by atoms with Crippen molar-refractivity contribution in [3.8, 4) is 0 Å². The minimum absolute atomic E-state index is 0.0736. The number of hydrogen-bond donors (Lipinski definition) is 1. The first kappa shape index (κ1) is 21.6. The van der Waals surface area contributed by atoms with Crippen LogP contribution < -0.4 is 10.4 Å². The lowest BCUT2D eigenvalue weighted by Crippen LogP contribution is -2.67. The van der Waals surface area contributed by atoms with E-state index in [1.54, 1.807) is 0 Å². The number of allylic oxidation sites excluding steroid dienone is 1. The van der Waals surface area contributed by atoms with Gasteiger partial charge in [-0.05, 0) is 21.3 Å². The lowest BCUT2D eigenvalue weighted by atomic mass is 10.1. The van der Waals surface area contributed by atoms with E-state index in [1.807, 2.05) is 18.2 Å². The van der Waals surface area contributed by atoms with Gasteiger partial charge in [0, 0.05) is 0 Å². The summed E-state index contributed by atoms with van der Waals surface area (Å²) < 4.78 is 6.73. The lowest BCUT2D eigenvalue weighted by Gasteiger charge is -2.43. The Bertz CT molecular complexity index is 665. The number of aliphatic hydroxyl groups excluding tert-OH is 1. The molecule has 2 rings (SSSR count). The van der Waals surface area contributed by atoms with Crippen molar-refractivity contribution in [1.29, 1.82) is 0 Å². The Hall–Kier alpha value is -1.68. The second-order valence-electron chi connectivity index (χ2n) is 8.31. The van der Waals surface area contributed by atoms with E-state index < -0.39 is 14.4 Å². The molecular formula is C24H34O2Si. The molecule has 0 saturated heterocycles. The smallest absolute Gasteiger partial charge is 0.261 e. The predicted molar refractivity (Wildman–Crippen MR) is 118 cm³/mol. The highest BCUT2D eigenvalue weighted by atomic mass is 28.4. The summed E-state index contributed by atoms with van der Waals surface area (Å²) in [5, 5.41) is 12.9. The van der Waals surface area contributed by atoms with Gasteiger partial charge in [-0.1, -0.05) is 114 Å². The zero-order chi connectivity index (χ0) is 19.9. The zero-order valence-electron chi connectivity index (χ0n) is 17.4. The first-order valence-electron chi connectivity index (χ1n) is 9.92. The Kier molecular flexibility index (Phi) is 7.60. The van der Waals surface area contributed by atoms with Crippen LogP contribution in [-0.2, 0) is 4.43 Å². The van der Waals surface area contributed by atoms with Gasteiger partial charge in [-0.25, -0.2) is 0 Å². The maximum Gasteiger partial charge on any atom is 0.261 e. The molecule has 0 aliphatic rings. The number of benzene rings is 2. The summed E-state index contributed by atoms with van der Waals surface area (Å²) >= 11 is 0. The van der Waals surface area contributed by atoms with Crippen LogP contribution in [0.15, 0.2) is 72.8 Å². The second-order valence-corrected chi connectivity index (χ2v) is 12.6. The second kappa shape index (κ2) is 9.49. The fourth-order valence-electron chi connectivity index (χ4n) is 3.48. The largest absolute Gasteiger partial charge is 0.404 e. The van der Waals surface area contributed by atoms with Gasteiger partial charge in [0.05, 0.1) is 12.7 Å². The molecule has 0 unspecified atom stereocenters. The monoisotopic (exact) mass is 382 g/mol.